The monoisotopic (exact) mass is 449 g/mol. The van der Waals surface area contributed by atoms with E-state index in [1.807, 2.05) is 49.5 Å². The summed E-state index contributed by atoms with van der Waals surface area (Å²) in [7, 11) is 3.90. The molecule has 2 amide bonds. The predicted octanol–water partition coefficient (Wildman–Crippen LogP) is 5.33. The minimum absolute atomic E-state index is 0.109. The Bertz CT molecular complexity index is 834. The number of carbonyl (C=O) groups excluding carboxylic acids is 1. The normalized spacial score (nSPS) is 18.1. The molecular formula is C23H29Cl2N3O2. The van der Waals surface area contributed by atoms with Gasteiger partial charge in [0.1, 0.15) is 6.10 Å². The molecule has 1 saturated heterocycles. The zero-order valence-electron chi connectivity index (χ0n) is 17.5. The first kappa shape index (κ1) is 22.9. The lowest BCUT2D eigenvalue weighted by Gasteiger charge is -2.38. The topological polar surface area (TPSA) is 44.8 Å². The number of hydrogen-bond acceptors (Lipinski definition) is 3. The summed E-state index contributed by atoms with van der Waals surface area (Å²) in [6.07, 6.45) is 2.97. The number of amides is 2. The van der Waals surface area contributed by atoms with Crippen LogP contribution in [0.1, 0.15) is 36.5 Å². The largest absolute Gasteiger partial charge is 0.367 e. The van der Waals surface area contributed by atoms with E-state index in [-0.39, 0.29) is 12.2 Å². The van der Waals surface area contributed by atoms with Gasteiger partial charge in [-0.2, -0.15) is 0 Å². The van der Waals surface area contributed by atoms with Gasteiger partial charge in [-0.05, 0) is 44.5 Å². The lowest BCUT2D eigenvalue weighted by Crippen LogP contribution is -2.53. The Morgan fingerprint density at radius 2 is 1.97 bits per heavy atom. The van der Waals surface area contributed by atoms with E-state index >= 15 is 0 Å². The number of piperidine rings is 1. The molecule has 5 nitrogen and oxygen atoms in total. The van der Waals surface area contributed by atoms with Gasteiger partial charge in [0.25, 0.3) is 0 Å². The average Bonchev–Trinajstić information content (AvgIpc) is 2.76. The molecule has 0 spiro atoms. The van der Waals surface area contributed by atoms with Gasteiger partial charge in [0.2, 0.25) is 0 Å². The van der Waals surface area contributed by atoms with E-state index in [1.165, 1.54) is 6.42 Å². The third-order valence-corrected chi connectivity index (χ3v) is 6.39. The summed E-state index contributed by atoms with van der Waals surface area (Å²) in [4.78, 5) is 16.8. The summed E-state index contributed by atoms with van der Waals surface area (Å²) < 4.78 is 6.16. The van der Waals surface area contributed by atoms with Crippen LogP contribution in [0.15, 0.2) is 48.5 Å². The number of halogens is 2. The highest BCUT2D eigenvalue weighted by molar-refractivity contribution is 6.42. The highest BCUT2D eigenvalue weighted by atomic mass is 35.5. The molecular weight excluding hydrogens is 421 g/mol. The second-order valence-electron chi connectivity index (χ2n) is 7.68. The molecule has 7 heteroatoms. The zero-order valence-corrected chi connectivity index (χ0v) is 19.0. The zero-order chi connectivity index (χ0) is 21.5. The molecule has 2 aromatic rings. The Morgan fingerprint density at radius 3 is 2.70 bits per heavy atom. The fraction of sp³-hybridized carbons (Fsp3) is 0.435. The minimum atomic E-state index is -0.419. The van der Waals surface area contributed by atoms with Gasteiger partial charge in [-0.1, -0.05) is 65.7 Å². The standard InChI is InChI=1S/C23H29Cl2N3O2/c1-27-14-7-6-13-21(27)28(2)23(29)26-15-20(18-11-8-12-19(24)22(18)25)30-16-17-9-4-3-5-10-17/h3-5,8-12,20-21H,6-7,13-16H2,1-2H3,(H,26,29)/t20?,21-/m0/s1. The van der Waals surface area contributed by atoms with Crippen LogP contribution in [0.5, 0.6) is 0 Å². The summed E-state index contributed by atoms with van der Waals surface area (Å²) in [5.74, 6) is 0. The molecule has 1 unspecified atom stereocenters. The molecule has 0 aliphatic carbocycles. The first-order valence-corrected chi connectivity index (χ1v) is 11.0. The van der Waals surface area contributed by atoms with Crippen LogP contribution in [-0.2, 0) is 11.3 Å². The summed E-state index contributed by atoms with van der Waals surface area (Å²) in [5.41, 5.74) is 1.81. The Morgan fingerprint density at radius 1 is 1.20 bits per heavy atom. The number of carbonyl (C=O) groups is 1. The predicted molar refractivity (Wildman–Crippen MR) is 122 cm³/mol. The van der Waals surface area contributed by atoms with E-state index in [1.54, 1.807) is 11.0 Å². The first-order chi connectivity index (χ1) is 14.5. The van der Waals surface area contributed by atoms with Gasteiger partial charge in [0.15, 0.2) is 0 Å². The van der Waals surface area contributed by atoms with Crippen LogP contribution in [0, 0.1) is 0 Å². The molecule has 0 saturated carbocycles. The molecule has 2 aromatic carbocycles. The Balaban J connectivity index is 1.68. The highest BCUT2D eigenvalue weighted by Gasteiger charge is 2.27. The van der Waals surface area contributed by atoms with E-state index in [9.17, 15) is 4.79 Å². The molecule has 1 heterocycles. The van der Waals surface area contributed by atoms with Crippen LogP contribution >= 0.6 is 23.2 Å². The third kappa shape index (κ3) is 5.88. The lowest BCUT2D eigenvalue weighted by molar-refractivity contribution is 0.0367. The van der Waals surface area contributed by atoms with Crippen molar-refractivity contribution >= 4 is 29.2 Å². The smallest absolute Gasteiger partial charge is 0.318 e. The van der Waals surface area contributed by atoms with Crippen molar-refractivity contribution in [3.63, 3.8) is 0 Å². The van der Waals surface area contributed by atoms with Crippen LogP contribution in [-0.4, -0.2) is 49.2 Å². The first-order valence-electron chi connectivity index (χ1n) is 10.3. The van der Waals surface area contributed by atoms with Crippen LogP contribution in [0.4, 0.5) is 4.79 Å². The molecule has 162 valence electrons. The van der Waals surface area contributed by atoms with E-state index in [0.717, 1.165) is 30.5 Å². The average molecular weight is 450 g/mol. The SMILES string of the molecule is CN1CCCC[C@@H]1N(C)C(=O)NCC(OCc1ccccc1)c1cccc(Cl)c1Cl. The van der Waals surface area contributed by atoms with E-state index in [0.29, 0.717) is 23.2 Å². The number of hydrogen-bond donors (Lipinski definition) is 1. The van der Waals surface area contributed by atoms with Gasteiger partial charge < -0.3 is 15.0 Å². The summed E-state index contributed by atoms with van der Waals surface area (Å²) in [5, 5.41) is 3.93. The minimum Gasteiger partial charge on any atom is -0.367 e. The van der Waals surface area contributed by atoms with E-state index in [2.05, 4.69) is 17.3 Å². The van der Waals surface area contributed by atoms with Gasteiger partial charge in [-0.15, -0.1) is 0 Å². The molecule has 3 rings (SSSR count). The van der Waals surface area contributed by atoms with Gasteiger partial charge in [-0.25, -0.2) is 4.79 Å². The molecule has 1 N–H and O–H groups in total. The molecule has 2 atom stereocenters. The van der Waals surface area contributed by atoms with Crippen LogP contribution < -0.4 is 5.32 Å². The molecule has 1 fully saturated rings. The van der Waals surface area contributed by atoms with Crippen LogP contribution in [0.2, 0.25) is 10.0 Å². The number of rotatable bonds is 7. The van der Waals surface area contributed by atoms with Gasteiger partial charge in [0.05, 0.1) is 22.8 Å². The fourth-order valence-corrected chi connectivity index (χ4v) is 4.22. The van der Waals surface area contributed by atoms with Crippen LogP contribution in [0.25, 0.3) is 0 Å². The Kier molecular flexibility index (Phi) is 8.40. The molecule has 1 aliphatic rings. The molecule has 0 bridgehead atoms. The van der Waals surface area contributed by atoms with Crippen molar-refractivity contribution in [2.75, 3.05) is 27.2 Å². The lowest BCUT2D eigenvalue weighted by atomic mass is 10.1. The molecule has 30 heavy (non-hydrogen) atoms. The van der Waals surface area contributed by atoms with E-state index in [4.69, 9.17) is 27.9 Å². The molecule has 1 aliphatic heterocycles. The van der Waals surface area contributed by atoms with Crippen molar-refractivity contribution in [3.05, 3.63) is 69.7 Å². The van der Waals surface area contributed by atoms with Gasteiger partial charge in [-0.3, -0.25) is 4.90 Å². The molecule has 0 aromatic heterocycles. The second kappa shape index (κ2) is 11.0. The van der Waals surface area contributed by atoms with Crippen molar-refractivity contribution in [2.45, 2.75) is 38.1 Å². The number of urea groups is 1. The molecule has 0 radical (unpaired) electrons. The Hall–Kier alpha value is -1.79. The summed E-state index contributed by atoms with van der Waals surface area (Å²) in [6.45, 7) is 1.71. The fourth-order valence-electron chi connectivity index (χ4n) is 3.79. The highest BCUT2D eigenvalue weighted by Crippen LogP contribution is 2.32. The van der Waals surface area contributed by atoms with Crippen molar-refractivity contribution < 1.29 is 9.53 Å². The Labute approximate surface area is 188 Å². The number of benzene rings is 2. The van der Waals surface area contributed by atoms with E-state index < -0.39 is 6.10 Å². The van der Waals surface area contributed by atoms with Crippen molar-refractivity contribution in [1.82, 2.24) is 15.1 Å². The summed E-state index contributed by atoms with van der Waals surface area (Å²) >= 11 is 12.7. The van der Waals surface area contributed by atoms with Gasteiger partial charge in [0, 0.05) is 19.2 Å². The van der Waals surface area contributed by atoms with Crippen molar-refractivity contribution in [2.24, 2.45) is 0 Å². The summed E-state index contributed by atoms with van der Waals surface area (Å²) in [6, 6.07) is 15.3. The maximum absolute atomic E-state index is 12.8. The maximum atomic E-state index is 12.8. The number of ether oxygens (including phenoxy) is 1. The number of likely N-dealkylation sites (tertiary alicyclic amines) is 1. The number of nitrogens with one attached hydrogen (secondary N) is 1. The second-order valence-corrected chi connectivity index (χ2v) is 8.47. The number of nitrogens with zero attached hydrogens (tertiary/aromatic N) is 2. The van der Waals surface area contributed by atoms with Crippen molar-refractivity contribution in [1.29, 1.82) is 0 Å². The van der Waals surface area contributed by atoms with Crippen molar-refractivity contribution in [3.8, 4) is 0 Å². The third-order valence-electron chi connectivity index (χ3n) is 5.56. The maximum Gasteiger partial charge on any atom is 0.318 e. The quantitative estimate of drug-likeness (QED) is 0.620. The van der Waals surface area contributed by atoms with Crippen LogP contribution in [0.3, 0.4) is 0 Å². The van der Waals surface area contributed by atoms with Gasteiger partial charge >= 0.3 is 6.03 Å².